The van der Waals surface area contributed by atoms with Gasteiger partial charge in [-0.15, -0.1) is 0 Å². The molecule has 3 aliphatic heterocycles. The van der Waals surface area contributed by atoms with Crippen LogP contribution in [0.25, 0.3) is 6.08 Å². The van der Waals surface area contributed by atoms with Crippen LogP contribution in [0.2, 0.25) is 0 Å². The molecule has 3 heterocycles. The van der Waals surface area contributed by atoms with Crippen molar-refractivity contribution >= 4 is 29.8 Å². The number of esters is 2. The van der Waals surface area contributed by atoms with E-state index in [1.165, 1.54) is 23.3 Å². The predicted octanol–water partition coefficient (Wildman–Crippen LogP) is 1.88. The van der Waals surface area contributed by atoms with Gasteiger partial charge >= 0.3 is 11.9 Å². The molecule has 1 aliphatic carbocycles. The summed E-state index contributed by atoms with van der Waals surface area (Å²) in [6.07, 6.45) is 0.406. The Morgan fingerprint density at radius 2 is 1.82 bits per heavy atom. The number of rotatable bonds is 16. The molecule has 15 heteroatoms. The summed E-state index contributed by atoms with van der Waals surface area (Å²) in [5.74, 6) is -2.14. The van der Waals surface area contributed by atoms with E-state index in [2.05, 4.69) is 5.32 Å². The molecule has 4 fully saturated rings. The lowest BCUT2D eigenvalue weighted by Crippen LogP contribution is -2.70. The second kappa shape index (κ2) is 17.2. The molecule has 2 aromatic rings. The number of hydrogen-bond donors (Lipinski definition) is 3. The summed E-state index contributed by atoms with van der Waals surface area (Å²) in [6, 6.07) is 13.6. The molecule has 2 bridgehead atoms. The van der Waals surface area contributed by atoms with Gasteiger partial charge in [0.25, 0.3) is 0 Å². The second-order valence-corrected chi connectivity index (χ2v) is 15.4. The lowest BCUT2D eigenvalue weighted by Gasteiger charge is -2.50. The van der Waals surface area contributed by atoms with Gasteiger partial charge < -0.3 is 44.1 Å². The minimum atomic E-state index is -1.51. The van der Waals surface area contributed by atoms with E-state index >= 15 is 4.79 Å². The molecule has 3 saturated heterocycles. The van der Waals surface area contributed by atoms with Gasteiger partial charge in [0.1, 0.15) is 54.9 Å². The summed E-state index contributed by atoms with van der Waals surface area (Å²) in [5, 5.41) is 23.6. The lowest BCUT2D eigenvalue weighted by molar-refractivity contribution is -0.204. The largest absolute Gasteiger partial charge is 0.499 e. The third-order valence-corrected chi connectivity index (χ3v) is 10.4. The van der Waals surface area contributed by atoms with E-state index in [9.17, 15) is 19.5 Å². The highest BCUT2D eigenvalue weighted by Gasteiger charge is 2.75. The van der Waals surface area contributed by atoms with E-state index in [0.29, 0.717) is 0 Å². The summed E-state index contributed by atoms with van der Waals surface area (Å²) >= 11 is 0. The van der Waals surface area contributed by atoms with Crippen molar-refractivity contribution in [3.63, 3.8) is 0 Å². The van der Waals surface area contributed by atoms with E-state index in [-0.39, 0.29) is 52.2 Å². The highest BCUT2D eigenvalue weighted by atomic mass is 16.8. The molecule has 8 atom stereocenters. The van der Waals surface area contributed by atoms with Crippen molar-refractivity contribution in [1.82, 2.24) is 15.3 Å². The standard InChI is InChI=1S/C40H51N3O12/c1-39(2,3)54-31(46)14-13-28(23-45)41-36(47)29(20-25-9-6-5-7-10-25)42(4)38(49)40-21-30-32-33(52-24-51-32)35(40)55-43(34(40)37(48)53-30)22-27-12-8-11-26(19-27)15-17-50-18-16-44/h5-12,15,17,19,28-30,32-35,44-45H,13-14,16,18,20-24H2,1-4H3,(H,41,47)/t28-,29+,30+,32-,33-,34-,35+,40-/m0/s1. The second-order valence-electron chi connectivity index (χ2n) is 15.4. The van der Waals surface area contributed by atoms with E-state index in [4.69, 9.17) is 33.6 Å². The number of ether oxygens (including phenoxy) is 5. The van der Waals surface area contributed by atoms with E-state index < -0.39 is 83.9 Å². The van der Waals surface area contributed by atoms with Crippen molar-refractivity contribution in [2.45, 2.75) is 101 Å². The average Bonchev–Trinajstić information content (AvgIpc) is 3.78. The fraction of sp³-hybridized carbons (Fsp3) is 0.550. The summed E-state index contributed by atoms with van der Waals surface area (Å²) in [5.41, 5.74) is 0.161. The molecule has 55 heavy (non-hydrogen) atoms. The van der Waals surface area contributed by atoms with Crippen LogP contribution in [0.3, 0.4) is 0 Å². The maximum absolute atomic E-state index is 15.3. The molecule has 2 amide bonds. The SMILES string of the molecule is CN(C(=O)[C@@]12C[C@H]3OC(=O)[C@@H]1N(Cc1cccc(C=COCCO)c1)O[C@@H]2[C@H]1OCO[C@H]13)[C@H](Cc1ccccc1)C(=O)N[C@H](CO)CCC(=O)OC(C)(C)C. The number of amides is 2. The Hall–Kier alpha value is -4.38. The number of hydroxylamine groups is 2. The van der Waals surface area contributed by atoms with Crippen LogP contribution in [0.1, 0.15) is 56.7 Å². The van der Waals surface area contributed by atoms with Crippen LogP contribution in [-0.2, 0) is 60.7 Å². The Bertz CT molecular complexity index is 1720. The summed E-state index contributed by atoms with van der Waals surface area (Å²) in [4.78, 5) is 63.9. The van der Waals surface area contributed by atoms with Crippen LogP contribution >= 0.6 is 0 Å². The molecule has 6 rings (SSSR count). The van der Waals surface area contributed by atoms with E-state index in [1.54, 1.807) is 26.8 Å². The molecule has 0 radical (unpaired) electrons. The molecule has 2 aromatic carbocycles. The van der Waals surface area contributed by atoms with Gasteiger partial charge in [-0.2, -0.15) is 5.06 Å². The number of likely N-dealkylation sites (N-methyl/N-ethyl adjacent to an activating group) is 1. The molecule has 0 unspecified atom stereocenters. The molecule has 15 nitrogen and oxygen atoms in total. The van der Waals surface area contributed by atoms with Crippen LogP contribution in [0, 0.1) is 5.41 Å². The quantitative estimate of drug-likeness (QED) is 0.128. The van der Waals surface area contributed by atoms with Gasteiger partial charge in [-0.25, -0.2) is 0 Å². The lowest BCUT2D eigenvalue weighted by atomic mass is 9.62. The number of benzene rings is 2. The van der Waals surface area contributed by atoms with Gasteiger partial charge in [0.05, 0.1) is 32.1 Å². The van der Waals surface area contributed by atoms with Crippen molar-refractivity contribution in [1.29, 1.82) is 0 Å². The first-order valence-corrected chi connectivity index (χ1v) is 18.6. The maximum atomic E-state index is 15.3. The molecule has 0 aromatic heterocycles. The topological polar surface area (TPSA) is 183 Å². The van der Waals surface area contributed by atoms with Crippen LogP contribution < -0.4 is 5.32 Å². The number of hydrogen-bond acceptors (Lipinski definition) is 13. The highest BCUT2D eigenvalue weighted by Crippen LogP contribution is 2.56. The van der Waals surface area contributed by atoms with E-state index in [1.807, 2.05) is 54.6 Å². The van der Waals surface area contributed by atoms with Crippen LogP contribution in [0.15, 0.2) is 60.9 Å². The van der Waals surface area contributed by atoms with Crippen LogP contribution in [0.5, 0.6) is 0 Å². The predicted molar refractivity (Wildman–Crippen MR) is 195 cm³/mol. The van der Waals surface area contributed by atoms with Gasteiger partial charge in [-0.3, -0.25) is 24.0 Å². The molecule has 3 N–H and O–H groups in total. The smallest absolute Gasteiger partial charge is 0.327 e. The minimum absolute atomic E-state index is 0.0364. The zero-order valence-electron chi connectivity index (χ0n) is 31.6. The Labute approximate surface area is 320 Å². The van der Waals surface area contributed by atoms with Gasteiger partial charge in [-0.05, 0) is 50.0 Å². The van der Waals surface area contributed by atoms with E-state index in [0.717, 1.165) is 16.7 Å². The number of carbonyl (C=O) groups is 4. The fourth-order valence-corrected chi connectivity index (χ4v) is 7.94. The summed E-state index contributed by atoms with van der Waals surface area (Å²) in [6.45, 7) is 4.93. The highest BCUT2D eigenvalue weighted by molar-refractivity contribution is 5.96. The Morgan fingerprint density at radius 3 is 2.55 bits per heavy atom. The first-order chi connectivity index (χ1) is 26.3. The molecule has 298 valence electrons. The Balaban J connectivity index is 1.29. The number of nitrogens with zero attached hydrogens (tertiary/aromatic N) is 2. The normalized spacial score (nSPS) is 26.9. The van der Waals surface area contributed by atoms with Crippen molar-refractivity contribution in [2.24, 2.45) is 5.41 Å². The third kappa shape index (κ3) is 8.87. The monoisotopic (exact) mass is 765 g/mol. The number of aliphatic hydroxyl groups is 2. The van der Waals surface area contributed by atoms with Gasteiger partial charge in [0, 0.05) is 26.3 Å². The first-order valence-electron chi connectivity index (χ1n) is 18.6. The Kier molecular flexibility index (Phi) is 12.6. The van der Waals surface area contributed by atoms with Crippen molar-refractivity contribution < 1.29 is 57.9 Å². The van der Waals surface area contributed by atoms with Crippen molar-refractivity contribution in [3.05, 3.63) is 77.5 Å². The zero-order valence-corrected chi connectivity index (χ0v) is 31.6. The van der Waals surface area contributed by atoms with Crippen molar-refractivity contribution in [3.8, 4) is 0 Å². The van der Waals surface area contributed by atoms with Crippen molar-refractivity contribution in [2.75, 3.05) is 33.7 Å². The number of fused-ring (bicyclic) bond motifs is 4. The first kappa shape index (κ1) is 40.3. The molecule has 1 saturated carbocycles. The minimum Gasteiger partial charge on any atom is -0.499 e. The molecular weight excluding hydrogens is 714 g/mol. The average molecular weight is 766 g/mol. The van der Waals surface area contributed by atoms with Gasteiger partial charge in [0.15, 0.2) is 6.04 Å². The van der Waals surface area contributed by atoms with Gasteiger partial charge in [-0.1, -0.05) is 54.6 Å². The number of carbonyl (C=O) groups excluding carboxylic acids is 4. The molecule has 0 spiro atoms. The number of aliphatic hydroxyl groups excluding tert-OH is 2. The molecule has 4 aliphatic rings. The van der Waals surface area contributed by atoms with Gasteiger partial charge in [0.2, 0.25) is 11.8 Å². The van der Waals surface area contributed by atoms with Crippen LogP contribution in [-0.4, -0.2) is 126 Å². The maximum Gasteiger partial charge on any atom is 0.327 e. The van der Waals surface area contributed by atoms with Crippen LogP contribution in [0.4, 0.5) is 0 Å². The third-order valence-electron chi connectivity index (χ3n) is 10.4. The number of nitrogens with one attached hydrogen (secondary N) is 1. The Morgan fingerprint density at radius 1 is 1.07 bits per heavy atom. The zero-order chi connectivity index (χ0) is 39.3. The summed E-state index contributed by atoms with van der Waals surface area (Å²) in [7, 11) is 1.53. The molecular formula is C40H51N3O12. The fourth-order valence-electron chi connectivity index (χ4n) is 7.94. The summed E-state index contributed by atoms with van der Waals surface area (Å²) < 4.78 is 28.5.